The Morgan fingerprint density at radius 2 is 1.74 bits per heavy atom. The summed E-state index contributed by atoms with van der Waals surface area (Å²) in [5.74, 6) is -0.206. The summed E-state index contributed by atoms with van der Waals surface area (Å²) in [6.07, 6.45) is 0. The molecule has 2 aromatic carbocycles. The Balaban J connectivity index is 1.94. The standard InChI is InChI=1S/C17H17ClN2O2S/c1-11(17(22)20-15-5-3-4-13(18)10-15)23-16-8-6-14(7-9-16)19-12(2)21/h3-11H,1-2H3,(H,19,21)(H,20,22). The number of benzene rings is 2. The fraction of sp³-hybridized carbons (Fsp3) is 0.176. The molecule has 2 rings (SSSR count). The molecule has 0 aliphatic rings. The molecular weight excluding hydrogens is 332 g/mol. The van der Waals surface area contributed by atoms with Crippen LogP contribution >= 0.6 is 23.4 Å². The third-order valence-corrected chi connectivity index (χ3v) is 4.30. The smallest absolute Gasteiger partial charge is 0.237 e. The van der Waals surface area contributed by atoms with Crippen molar-refractivity contribution in [1.29, 1.82) is 0 Å². The zero-order valence-electron chi connectivity index (χ0n) is 12.8. The van der Waals surface area contributed by atoms with Gasteiger partial charge in [0.1, 0.15) is 0 Å². The summed E-state index contributed by atoms with van der Waals surface area (Å²) in [5, 5.41) is 5.86. The van der Waals surface area contributed by atoms with Crippen molar-refractivity contribution in [3.05, 3.63) is 53.6 Å². The molecule has 23 heavy (non-hydrogen) atoms. The van der Waals surface area contributed by atoms with Gasteiger partial charge >= 0.3 is 0 Å². The number of rotatable bonds is 5. The van der Waals surface area contributed by atoms with Crippen LogP contribution < -0.4 is 10.6 Å². The molecule has 0 aromatic heterocycles. The molecule has 0 fully saturated rings. The molecule has 0 spiro atoms. The van der Waals surface area contributed by atoms with Crippen LogP contribution in [0.4, 0.5) is 11.4 Å². The number of thioether (sulfide) groups is 1. The summed E-state index contributed by atoms with van der Waals surface area (Å²) in [6.45, 7) is 3.30. The highest BCUT2D eigenvalue weighted by atomic mass is 35.5. The fourth-order valence-corrected chi connectivity index (χ4v) is 2.95. The third-order valence-electron chi connectivity index (χ3n) is 2.95. The highest BCUT2D eigenvalue weighted by Crippen LogP contribution is 2.26. The number of amides is 2. The Hall–Kier alpha value is -1.98. The zero-order chi connectivity index (χ0) is 16.8. The van der Waals surface area contributed by atoms with Gasteiger partial charge in [0, 0.05) is 28.2 Å². The quantitative estimate of drug-likeness (QED) is 0.786. The van der Waals surface area contributed by atoms with E-state index in [1.54, 1.807) is 24.3 Å². The summed E-state index contributed by atoms with van der Waals surface area (Å²) in [5.41, 5.74) is 1.41. The number of nitrogens with one attached hydrogen (secondary N) is 2. The normalized spacial score (nSPS) is 11.6. The van der Waals surface area contributed by atoms with E-state index >= 15 is 0 Å². The van der Waals surface area contributed by atoms with E-state index in [4.69, 9.17) is 11.6 Å². The topological polar surface area (TPSA) is 58.2 Å². The molecule has 0 saturated carbocycles. The summed E-state index contributed by atoms with van der Waals surface area (Å²) in [6, 6.07) is 14.4. The fourth-order valence-electron chi connectivity index (χ4n) is 1.89. The molecule has 0 saturated heterocycles. The third kappa shape index (κ3) is 5.62. The molecule has 120 valence electrons. The van der Waals surface area contributed by atoms with E-state index in [9.17, 15) is 9.59 Å². The van der Waals surface area contributed by atoms with Crippen molar-refractivity contribution in [1.82, 2.24) is 0 Å². The van der Waals surface area contributed by atoms with E-state index in [0.29, 0.717) is 10.7 Å². The maximum absolute atomic E-state index is 12.2. The number of hydrogen-bond donors (Lipinski definition) is 2. The van der Waals surface area contributed by atoms with Crippen LogP contribution in [0.15, 0.2) is 53.4 Å². The van der Waals surface area contributed by atoms with Crippen molar-refractivity contribution in [3.8, 4) is 0 Å². The van der Waals surface area contributed by atoms with Gasteiger partial charge in [-0.05, 0) is 49.4 Å². The molecule has 0 bridgehead atoms. The van der Waals surface area contributed by atoms with Crippen LogP contribution in [-0.4, -0.2) is 17.1 Å². The second-order valence-electron chi connectivity index (χ2n) is 4.97. The van der Waals surface area contributed by atoms with Gasteiger partial charge in [0.2, 0.25) is 11.8 Å². The highest BCUT2D eigenvalue weighted by Gasteiger charge is 2.14. The minimum atomic E-state index is -0.263. The average Bonchev–Trinajstić information content (AvgIpc) is 2.48. The Morgan fingerprint density at radius 3 is 2.35 bits per heavy atom. The van der Waals surface area contributed by atoms with Crippen molar-refractivity contribution in [2.45, 2.75) is 24.0 Å². The Labute approximate surface area is 144 Å². The maximum atomic E-state index is 12.2. The lowest BCUT2D eigenvalue weighted by Gasteiger charge is -2.12. The Morgan fingerprint density at radius 1 is 1.04 bits per heavy atom. The predicted octanol–water partition coefficient (Wildman–Crippen LogP) is 4.42. The van der Waals surface area contributed by atoms with Gasteiger partial charge < -0.3 is 10.6 Å². The van der Waals surface area contributed by atoms with Crippen molar-refractivity contribution in [2.24, 2.45) is 0 Å². The van der Waals surface area contributed by atoms with E-state index in [1.165, 1.54) is 18.7 Å². The molecule has 2 aromatic rings. The van der Waals surface area contributed by atoms with Crippen molar-refractivity contribution < 1.29 is 9.59 Å². The number of hydrogen-bond acceptors (Lipinski definition) is 3. The number of halogens is 1. The molecule has 2 N–H and O–H groups in total. The predicted molar refractivity (Wildman–Crippen MR) is 96.1 cm³/mol. The molecule has 6 heteroatoms. The molecule has 0 aliphatic heterocycles. The van der Waals surface area contributed by atoms with Crippen molar-refractivity contribution >= 4 is 46.6 Å². The SMILES string of the molecule is CC(=O)Nc1ccc(SC(C)C(=O)Nc2cccc(Cl)c2)cc1. The maximum Gasteiger partial charge on any atom is 0.237 e. The molecule has 0 heterocycles. The van der Waals surface area contributed by atoms with E-state index in [1.807, 2.05) is 31.2 Å². The molecule has 1 atom stereocenters. The van der Waals surface area contributed by atoms with Crippen molar-refractivity contribution in [3.63, 3.8) is 0 Å². The minimum absolute atomic E-state index is 0.0943. The molecule has 1 unspecified atom stereocenters. The van der Waals surface area contributed by atoms with Gasteiger partial charge in [0.25, 0.3) is 0 Å². The average molecular weight is 349 g/mol. The summed E-state index contributed by atoms with van der Waals surface area (Å²) in [7, 11) is 0. The lowest BCUT2D eigenvalue weighted by molar-refractivity contribution is -0.115. The van der Waals surface area contributed by atoms with E-state index in [0.717, 1.165) is 10.6 Å². The first kappa shape index (κ1) is 17.4. The summed E-state index contributed by atoms with van der Waals surface area (Å²) >= 11 is 7.35. The van der Waals surface area contributed by atoms with Crippen molar-refractivity contribution in [2.75, 3.05) is 10.6 Å². The van der Waals surface area contributed by atoms with Gasteiger partial charge in [-0.1, -0.05) is 17.7 Å². The monoisotopic (exact) mass is 348 g/mol. The second kappa shape index (κ2) is 8.04. The van der Waals surface area contributed by atoms with Crippen LogP contribution in [0.5, 0.6) is 0 Å². The second-order valence-corrected chi connectivity index (χ2v) is 6.82. The first-order valence-corrected chi connectivity index (χ1v) is 8.30. The first-order chi connectivity index (χ1) is 10.9. The van der Waals surface area contributed by atoms with Gasteiger partial charge in [0.05, 0.1) is 5.25 Å². The molecular formula is C17H17ClN2O2S. The number of anilines is 2. The van der Waals surface area contributed by atoms with Gasteiger partial charge in [-0.25, -0.2) is 0 Å². The van der Waals surface area contributed by atoms with E-state index in [2.05, 4.69) is 10.6 Å². The highest BCUT2D eigenvalue weighted by molar-refractivity contribution is 8.00. The molecule has 0 radical (unpaired) electrons. The summed E-state index contributed by atoms with van der Waals surface area (Å²) < 4.78 is 0. The van der Waals surface area contributed by atoms with Crippen LogP contribution in [-0.2, 0) is 9.59 Å². The lowest BCUT2D eigenvalue weighted by atomic mass is 10.3. The lowest BCUT2D eigenvalue weighted by Crippen LogP contribution is -2.22. The number of carbonyl (C=O) groups excluding carboxylic acids is 2. The van der Waals surface area contributed by atoms with Gasteiger partial charge in [-0.2, -0.15) is 0 Å². The van der Waals surface area contributed by atoms with Gasteiger partial charge in [-0.15, -0.1) is 11.8 Å². The van der Waals surface area contributed by atoms with Crippen LogP contribution in [0.3, 0.4) is 0 Å². The number of carbonyl (C=O) groups is 2. The van der Waals surface area contributed by atoms with E-state index in [-0.39, 0.29) is 17.1 Å². The molecule has 0 aliphatic carbocycles. The van der Waals surface area contributed by atoms with E-state index < -0.39 is 0 Å². The van der Waals surface area contributed by atoms with Gasteiger partial charge in [0.15, 0.2) is 0 Å². The zero-order valence-corrected chi connectivity index (χ0v) is 14.4. The largest absolute Gasteiger partial charge is 0.326 e. The minimum Gasteiger partial charge on any atom is -0.326 e. The Kier molecular flexibility index (Phi) is 6.07. The molecule has 2 amide bonds. The van der Waals surface area contributed by atoms with Gasteiger partial charge in [-0.3, -0.25) is 9.59 Å². The van der Waals surface area contributed by atoms with Crippen LogP contribution in [0.1, 0.15) is 13.8 Å². The first-order valence-electron chi connectivity index (χ1n) is 7.05. The van der Waals surface area contributed by atoms with Crippen LogP contribution in [0.2, 0.25) is 5.02 Å². The Bertz CT molecular complexity index is 704. The van der Waals surface area contributed by atoms with Crippen LogP contribution in [0.25, 0.3) is 0 Å². The molecule has 4 nitrogen and oxygen atoms in total. The summed E-state index contributed by atoms with van der Waals surface area (Å²) in [4.78, 5) is 24.1. The van der Waals surface area contributed by atoms with Crippen LogP contribution in [0, 0.1) is 0 Å².